The van der Waals surface area contributed by atoms with E-state index < -0.39 is 0 Å². The average molecular weight is 227 g/mol. The fourth-order valence-electron chi connectivity index (χ4n) is 2.09. The van der Waals surface area contributed by atoms with Crippen LogP contribution in [0.15, 0.2) is 0 Å². The van der Waals surface area contributed by atoms with Crippen molar-refractivity contribution in [3.63, 3.8) is 0 Å². The number of carbonyl (C=O) groups excluding carboxylic acids is 1. The lowest BCUT2D eigenvalue weighted by Gasteiger charge is -2.27. The van der Waals surface area contributed by atoms with Crippen molar-refractivity contribution in [2.24, 2.45) is 0 Å². The van der Waals surface area contributed by atoms with E-state index in [1.54, 1.807) is 0 Å². The first-order chi connectivity index (χ1) is 7.72. The van der Waals surface area contributed by atoms with Crippen LogP contribution >= 0.6 is 0 Å². The van der Waals surface area contributed by atoms with Gasteiger partial charge in [0.25, 0.3) is 0 Å². The number of amides is 1. The maximum absolute atomic E-state index is 11.5. The summed E-state index contributed by atoms with van der Waals surface area (Å²) in [5, 5.41) is 6.39. The molecule has 1 aliphatic rings. The van der Waals surface area contributed by atoms with Crippen LogP contribution in [0, 0.1) is 0 Å². The summed E-state index contributed by atoms with van der Waals surface area (Å²) in [6.07, 6.45) is 4.84. The lowest BCUT2D eigenvalue weighted by atomic mass is 10.0. The highest BCUT2D eigenvalue weighted by Crippen LogP contribution is 2.07. The monoisotopic (exact) mass is 227 g/mol. The first-order valence-electron chi connectivity index (χ1n) is 6.41. The molecule has 4 heteroatoms. The summed E-state index contributed by atoms with van der Waals surface area (Å²) >= 11 is 0. The molecule has 1 aliphatic heterocycles. The predicted molar refractivity (Wildman–Crippen MR) is 66.4 cm³/mol. The van der Waals surface area contributed by atoms with E-state index in [1.807, 2.05) is 7.05 Å². The lowest BCUT2D eigenvalue weighted by molar-refractivity contribution is -0.122. The van der Waals surface area contributed by atoms with Crippen LogP contribution in [0.5, 0.6) is 0 Å². The zero-order valence-corrected chi connectivity index (χ0v) is 10.6. The van der Waals surface area contributed by atoms with Crippen LogP contribution in [0.2, 0.25) is 0 Å². The number of rotatable bonds is 6. The number of hydrogen-bond acceptors (Lipinski definition) is 3. The Kier molecular flexibility index (Phi) is 6.42. The van der Waals surface area contributed by atoms with Gasteiger partial charge in [-0.2, -0.15) is 0 Å². The van der Waals surface area contributed by atoms with Gasteiger partial charge in [0.05, 0.1) is 6.54 Å². The average Bonchev–Trinajstić information content (AvgIpc) is 2.27. The van der Waals surface area contributed by atoms with Crippen molar-refractivity contribution < 1.29 is 4.79 Å². The van der Waals surface area contributed by atoms with Crippen molar-refractivity contribution in [3.8, 4) is 0 Å². The summed E-state index contributed by atoms with van der Waals surface area (Å²) < 4.78 is 0. The fraction of sp³-hybridized carbons (Fsp3) is 0.917. The number of piperidine rings is 1. The molecule has 0 aromatic carbocycles. The summed E-state index contributed by atoms with van der Waals surface area (Å²) in [5.74, 6) is 0.139. The topological polar surface area (TPSA) is 44.4 Å². The highest BCUT2D eigenvalue weighted by Gasteiger charge is 2.15. The van der Waals surface area contributed by atoms with Crippen LogP contribution in [0.1, 0.15) is 32.6 Å². The molecule has 16 heavy (non-hydrogen) atoms. The molecule has 94 valence electrons. The summed E-state index contributed by atoms with van der Waals surface area (Å²) in [6, 6.07) is 0.567. The van der Waals surface area contributed by atoms with Crippen LogP contribution in [0.25, 0.3) is 0 Å². The Morgan fingerprint density at radius 1 is 1.50 bits per heavy atom. The molecule has 1 rings (SSSR count). The smallest absolute Gasteiger partial charge is 0.234 e. The minimum Gasteiger partial charge on any atom is -0.355 e. The molecule has 4 nitrogen and oxygen atoms in total. The van der Waals surface area contributed by atoms with Crippen molar-refractivity contribution in [2.75, 3.05) is 33.2 Å². The quantitative estimate of drug-likeness (QED) is 0.698. The van der Waals surface area contributed by atoms with Gasteiger partial charge in [0, 0.05) is 19.1 Å². The van der Waals surface area contributed by atoms with Crippen LogP contribution in [-0.2, 0) is 4.79 Å². The molecule has 0 aromatic heterocycles. The highest BCUT2D eigenvalue weighted by atomic mass is 16.2. The zero-order valence-electron chi connectivity index (χ0n) is 10.6. The standard InChI is InChI=1S/C12H25N3O/c1-3-7-14-12(16)10-15(2)9-11-6-4-5-8-13-11/h11,13H,3-10H2,1-2H3,(H,14,16). The minimum absolute atomic E-state index is 0.139. The predicted octanol–water partition coefficient (Wildman–Crippen LogP) is 0.587. The maximum atomic E-state index is 11.5. The summed E-state index contributed by atoms with van der Waals surface area (Å²) in [7, 11) is 2.02. The first kappa shape index (κ1) is 13.5. The number of hydrogen-bond donors (Lipinski definition) is 2. The van der Waals surface area contributed by atoms with Crippen molar-refractivity contribution in [1.82, 2.24) is 15.5 Å². The highest BCUT2D eigenvalue weighted by molar-refractivity contribution is 5.77. The van der Waals surface area contributed by atoms with Crippen LogP contribution < -0.4 is 10.6 Å². The molecule has 1 saturated heterocycles. The first-order valence-corrected chi connectivity index (χ1v) is 6.41. The van der Waals surface area contributed by atoms with Gasteiger partial charge in [-0.3, -0.25) is 9.69 Å². The second-order valence-corrected chi connectivity index (χ2v) is 4.69. The van der Waals surface area contributed by atoms with Gasteiger partial charge in [-0.25, -0.2) is 0 Å². The lowest BCUT2D eigenvalue weighted by Crippen LogP contribution is -2.45. The van der Waals surface area contributed by atoms with E-state index in [0.29, 0.717) is 12.6 Å². The van der Waals surface area contributed by atoms with Crippen molar-refractivity contribution in [1.29, 1.82) is 0 Å². The summed E-state index contributed by atoms with van der Waals surface area (Å²) in [6.45, 7) is 5.46. The van der Waals surface area contributed by atoms with Gasteiger partial charge in [0.2, 0.25) is 5.91 Å². The number of likely N-dealkylation sites (N-methyl/N-ethyl adjacent to an activating group) is 1. The number of nitrogens with zero attached hydrogens (tertiary/aromatic N) is 1. The van der Waals surface area contributed by atoms with E-state index in [1.165, 1.54) is 19.3 Å². The Morgan fingerprint density at radius 2 is 2.31 bits per heavy atom. The molecule has 1 unspecified atom stereocenters. The van der Waals surface area contributed by atoms with E-state index in [4.69, 9.17) is 0 Å². The second-order valence-electron chi connectivity index (χ2n) is 4.69. The van der Waals surface area contributed by atoms with E-state index in [0.717, 1.165) is 26.1 Å². The number of nitrogens with one attached hydrogen (secondary N) is 2. The Morgan fingerprint density at radius 3 is 2.94 bits per heavy atom. The molecule has 0 saturated carbocycles. The fourth-order valence-corrected chi connectivity index (χ4v) is 2.09. The van der Waals surface area contributed by atoms with E-state index in [2.05, 4.69) is 22.5 Å². The summed E-state index contributed by atoms with van der Waals surface area (Å²) in [5.41, 5.74) is 0. The van der Waals surface area contributed by atoms with Crippen molar-refractivity contribution in [2.45, 2.75) is 38.6 Å². The number of carbonyl (C=O) groups is 1. The molecule has 1 heterocycles. The van der Waals surface area contributed by atoms with Crippen LogP contribution in [0.4, 0.5) is 0 Å². The van der Waals surface area contributed by atoms with Crippen LogP contribution in [-0.4, -0.2) is 50.1 Å². The van der Waals surface area contributed by atoms with Gasteiger partial charge in [-0.15, -0.1) is 0 Å². The molecule has 0 radical (unpaired) electrons. The Bertz CT molecular complexity index is 202. The van der Waals surface area contributed by atoms with Gasteiger partial charge in [-0.05, 0) is 32.9 Å². The normalized spacial score (nSPS) is 21.1. The molecule has 0 bridgehead atoms. The van der Waals surface area contributed by atoms with Crippen LogP contribution in [0.3, 0.4) is 0 Å². The SMILES string of the molecule is CCCNC(=O)CN(C)CC1CCCCN1. The van der Waals surface area contributed by atoms with Gasteiger partial charge in [0.15, 0.2) is 0 Å². The minimum atomic E-state index is 0.139. The molecule has 0 spiro atoms. The molecule has 0 aromatic rings. The second kappa shape index (κ2) is 7.63. The molecule has 2 N–H and O–H groups in total. The molecule has 1 atom stereocenters. The molecule has 1 amide bonds. The Balaban J connectivity index is 2.13. The van der Waals surface area contributed by atoms with E-state index in [-0.39, 0.29) is 5.91 Å². The zero-order chi connectivity index (χ0) is 11.8. The van der Waals surface area contributed by atoms with E-state index >= 15 is 0 Å². The largest absolute Gasteiger partial charge is 0.355 e. The van der Waals surface area contributed by atoms with Gasteiger partial charge < -0.3 is 10.6 Å². The molecular weight excluding hydrogens is 202 g/mol. The third-order valence-corrected chi connectivity index (χ3v) is 2.93. The van der Waals surface area contributed by atoms with Gasteiger partial charge in [-0.1, -0.05) is 13.3 Å². The molecular formula is C12H25N3O. The Labute approximate surface area is 98.8 Å². The Hall–Kier alpha value is -0.610. The van der Waals surface area contributed by atoms with Gasteiger partial charge in [0.1, 0.15) is 0 Å². The maximum Gasteiger partial charge on any atom is 0.234 e. The van der Waals surface area contributed by atoms with Crippen molar-refractivity contribution in [3.05, 3.63) is 0 Å². The third-order valence-electron chi connectivity index (χ3n) is 2.93. The third kappa shape index (κ3) is 5.47. The molecule has 0 aliphatic carbocycles. The van der Waals surface area contributed by atoms with Crippen molar-refractivity contribution >= 4 is 5.91 Å². The summed E-state index contributed by atoms with van der Waals surface area (Å²) in [4.78, 5) is 13.6. The van der Waals surface area contributed by atoms with Gasteiger partial charge >= 0.3 is 0 Å². The van der Waals surface area contributed by atoms with E-state index in [9.17, 15) is 4.79 Å². The molecule has 1 fully saturated rings.